The minimum absolute atomic E-state index is 0. The summed E-state index contributed by atoms with van der Waals surface area (Å²) < 4.78 is 62.3. The summed E-state index contributed by atoms with van der Waals surface area (Å²) in [6.07, 6.45) is 0. The summed E-state index contributed by atoms with van der Waals surface area (Å²) >= 11 is 0. The molecular formula is C14H18N2Na2O6S2. The molecule has 0 saturated heterocycles. The molecule has 0 amide bonds. The molecule has 2 rings (SSSR count). The average molecular weight is 420 g/mol. The van der Waals surface area contributed by atoms with Crippen molar-refractivity contribution >= 4 is 79.4 Å². The third kappa shape index (κ3) is 5.84. The van der Waals surface area contributed by atoms with Crippen molar-refractivity contribution < 1.29 is 25.9 Å². The number of nitrogens with two attached hydrogens (primary N) is 2. The molecule has 0 fully saturated rings. The molecule has 134 valence electrons. The molecule has 0 bridgehead atoms. The van der Waals surface area contributed by atoms with Crippen LogP contribution >= 0.6 is 0 Å². The first-order valence-corrected chi connectivity index (χ1v) is 9.51. The Balaban J connectivity index is 0.00000312. The third-order valence-electron chi connectivity index (χ3n) is 3.66. The maximum absolute atomic E-state index is 11.1. The fourth-order valence-electron chi connectivity index (χ4n) is 2.25. The van der Waals surface area contributed by atoms with Crippen LogP contribution < -0.4 is 11.5 Å². The molecular weight excluding hydrogens is 402 g/mol. The Morgan fingerprint density at radius 1 is 0.731 bits per heavy atom. The van der Waals surface area contributed by atoms with E-state index >= 15 is 0 Å². The summed E-state index contributed by atoms with van der Waals surface area (Å²) in [5.74, 6) is 0. The van der Waals surface area contributed by atoms with Crippen molar-refractivity contribution in [1.82, 2.24) is 0 Å². The van der Waals surface area contributed by atoms with Crippen LogP contribution in [0.2, 0.25) is 0 Å². The molecule has 0 aliphatic rings. The SMILES string of the molecule is NCC(N)(c1ccc(S(=O)(=O)O)cc1)c1ccc(S(=O)(=O)O)cc1.[NaH].[NaH]. The molecule has 2 aromatic carbocycles. The van der Waals surface area contributed by atoms with Crippen LogP contribution in [0.4, 0.5) is 0 Å². The summed E-state index contributed by atoms with van der Waals surface area (Å²) in [5, 5.41) is 0. The van der Waals surface area contributed by atoms with Crippen LogP contribution in [0, 0.1) is 0 Å². The average Bonchev–Trinajstić information content (AvgIpc) is 2.53. The minimum atomic E-state index is -4.32. The second kappa shape index (κ2) is 9.59. The van der Waals surface area contributed by atoms with Gasteiger partial charge in [0.05, 0.1) is 15.3 Å². The van der Waals surface area contributed by atoms with Crippen LogP contribution in [0.3, 0.4) is 0 Å². The van der Waals surface area contributed by atoms with Crippen LogP contribution in [0.25, 0.3) is 0 Å². The van der Waals surface area contributed by atoms with Gasteiger partial charge in [-0.1, -0.05) is 24.3 Å². The summed E-state index contributed by atoms with van der Waals surface area (Å²) in [7, 11) is -8.65. The van der Waals surface area contributed by atoms with Crippen LogP contribution in [-0.2, 0) is 25.8 Å². The van der Waals surface area contributed by atoms with E-state index in [1.54, 1.807) is 0 Å². The molecule has 0 radical (unpaired) electrons. The molecule has 0 saturated carbocycles. The molecule has 26 heavy (non-hydrogen) atoms. The molecule has 6 N–H and O–H groups in total. The summed E-state index contributed by atoms with van der Waals surface area (Å²) in [6.45, 7) is -0.0521. The molecule has 0 atom stereocenters. The third-order valence-corrected chi connectivity index (χ3v) is 5.39. The summed E-state index contributed by atoms with van der Waals surface area (Å²) in [6, 6.07) is 10.4. The number of hydrogen-bond donors (Lipinski definition) is 4. The number of hydrogen-bond acceptors (Lipinski definition) is 6. The molecule has 0 spiro atoms. The normalized spacial score (nSPS) is 12.0. The maximum atomic E-state index is 11.1. The van der Waals surface area contributed by atoms with Gasteiger partial charge in [0.25, 0.3) is 20.2 Å². The molecule has 0 aliphatic heterocycles. The Kier molecular flexibility index (Phi) is 9.66. The van der Waals surface area contributed by atoms with Gasteiger partial charge in [-0.3, -0.25) is 9.11 Å². The molecule has 0 unspecified atom stereocenters. The fraction of sp³-hybridized carbons (Fsp3) is 0.143. The van der Waals surface area contributed by atoms with Gasteiger partial charge in [-0.25, -0.2) is 0 Å². The molecule has 12 heteroatoms. The van der Waals surface area contributed by atoms with Gasteiger partial charge in [0.15, 0.2) is 0 Å². The van der Waals surface area contributed by atoms with E-state index in [1.165, 1.54) is 48.5 Å². The molecule has 0 aromatic heterocycles. The first-order valence-electron chi connectivity index (χ1n) is 6.63. The fourth-order valence-corrected chi connectivity index (χ4v) is 3.21. The second-order valence-electron chi connectivity index (χ2n) is 5.17. The van der Waals surface area contributed by atoms with Crippen LogP contribution in [0.1, 0.15) is 11.1 Å². The number of benzene rings is 2. The van der Waals surface area contributed by atoms with E-state index in [2.05, 4.69) is 0 Å². The molecule has 2 aromatic rings. The van der Waals surface area contributed by atoms with E-state index < -0.39 is 25.8 Å². The molecule has 0 aliphatic carbocycles. The van der Waals surface area contributed by atoms with Crippen LogP contribution in [0.5, 0.6) is 0 Å². The van der Waals surface area contributed by atoms with Crippen LogP contribution in [-0.4, -0.2) is 91.6 Å². The van der Waals surface area contributed by atoms with E-state index in [1.807, 2.05) is 0 Å². The van der Waals surface area contributed by atoms with Crippen molar-refractivity contribution in [1.29, 1.82) is 0 Å². The van der Waals surface area contributed by atoms with Crippen molar-refractivity contribution in [2.24, 2.45) is 11.5 Å². The van der Waals surface area contributed by atoms with E-state index in [0.717, 1.165) is 0 Å². The van der Waals surface area contributed by atoms with Gasteiger partial charge in [-0.15, -0.1) is 0 Å². The zero-order valence-corrected chi connectivity index (χ0v) is 14.0. The monoisotopic (exact) mass is 420 g/mol. The van der Waals surface area contributed by atoms with Crippen molar-refractivity contribution in [3.8, 4) is 0 Å². The quantitative estimate of drug-likeness (QED) is 0.355. The first-order chi connectivity index (χ1) is 11.0. The Labute approximate surface area is 196 Å². The zero-order chi connectivity index (χ0) is 18.2. The van der Waals surface area contributed by atoms with Crippen molar-refractivity contribution in [3.63, 3.8) is 0 Å². The molecule has 8 nitrogen and oxygen atoms in total. The van der Waals surface area contributed by atoms with Crippen molar-refractivity contribution in [3.05, 3.63) is 59.7 Å². The zero-order valence-electron chi connectivity index (χ0n) is 12.3. The predicted molar refractivity (Wildman–Crippen MR) is 101 cm³/mol. The van der Waals surface area contributed by atoms with Crippen molar-refractivity contribution in [2.45, 2.75) is 15.3 Å². The van der Waals surface area contributed by atoms with Crippen molar-refractivity contribution in [2.75, 3.05) is 6.54 Å². The van der Waals surface area contributed by atoms with Gasteiger partial charge in [-0.2, -0.15) is 16.8 Å². The molecule has 0 heterocycles. The Bertz CT molecular complexity index is 870. The topological polar surface area (TPSA) is 161 Å². The van der Waals surface area contributed by atoms with E-state index in [4.69, 9.17) is 20.6 Å². The second-order valence-corrected chi connectivity index (χ2v) is 8.02. The standard InChI is InChI=1S/C14H16N2O6S2.2Na.2H/c15-9-14(16,10-1-5-12(6-2-10)23(17,18)19)11-3-7-13(8-4-11)24(20,21)22;;;;/h1-8H,9,15-16H2,(H,17,18,19)(H,20,21,22);;;;. The Morgan fingerprint density at radius 2 is 1.00 bits per heavy atom. The van der Waals surface area contributed by atoms with Gasteiger partial charge in [-0.05, 0) is 35.4 Å². The van der Waals surface area contributed by atoms with Gasteiger partial charge < -0.3 is 11.5 Å². The predicted octanol–water partition coefficient (Wildman–Crippen LogP) is -0.956. The van der Waals surface area contributed by atoms with E-state index in [9.17, 15) is 16.8 Å². The van der Waals surface area contributed by atoms with Gasteiger partial charge in [0.2, 0.25) is 0 Å². The summed E-state index contributed by atoms with van der Waals surface area (Å²) in [4.78, 5) is -0.570. The first kappa shape index (κ1) is 26.2. The van der Waals surface area contributed by atoms with Gasteiger partial charge >= 0.3 is 59.1 Å². The van der Waals surface area contributed by atoms with Crippen LogP contribution in [0.15, 0.2) is 58.3 Å². The Hall–Kier alpha value is 0.180. The van der Waals surface area contributed by atoms with Gasteiger partial charge in [0.1, 0.15) is 0 Å². The van der Waals surface area contributed by atoms with E-state index in [0.29, 0.717) is 11.1 Å². The Morgan fingerprint density at radius 3 is 1.19 bits per heavy atom. The van der Waals surface area contributed by atoms with E-state index in [-0.39, 0.29) is 75.5 Å². The summed E-state index contributed by atoms with van der Waals surface area (Å²) in [5.41, 5.74) is 11.8. The van der Waals surface area contributed by atoms with Gasteiger partial charge in [0, 0.05) is 6.54 Å². The number of rotatable bonds is 5.